The van der Waals surface area contributed by atoms with Gasteiger partial charge < -0.3 is 15.4 Å². The van der Waals surface area contributed by atoms with Gasteiger partial charge in [0.2, 0.25) is 0 Å². The molecule has 2 N–H and O–H groups in total. The zero-order valence-corrected chi connectivity index (χ0v) is 13.1. The molecule has 1 saturated heterocycles. The molecule has 3 nitrogen and oxygen atoms in total. The van der Waals surface area contributed by atoms with Crippen molar-refractivity contribution in [1.82, 2.24) is 4.90 Å². The Morgan fingerprint density at radius 2 is 1.68 bits per heavy atom. The van der Waals surface area contributed by atoms with Gasteiger partial charge in [-0.2, -0.15) is 0 Å². The van der Waals surface area contributed by atoms with E-state index >= 15 is 0 Å². The minimum Gasteiger partial charge on any atom is -0.381 e. The molecule has 0 radical (unpaired) electrons. The van der Waals surface area contributed by atoms with Crippen molar-refractivity contribution in [2.75, 3.05) is 33.4 Å². The number of ether oxygens (including phenoxy) is 1. The molecule has 0 bridgehead atoms. The summed E-state index contributed by atoms with van der Waals surface area (Å²) < 4.78 is 5.51. The molecule has 1 aliphatic carbocycles. The lowest BCUT2D eigenvalue weighted by Crippen LogP contribution is -2.48. The molecule has 1 aliphatic heterocycles. The predicted octanol–water partition coefficient (Wildman–Crippen LogP) is 2.64. The van der Waals surface area contributed by atoms with Gasteiger partial charge in [0.05, 0.1) is 0 Å². The Labute approximate surface area is 118 Å². The molecular formula is C16H32N2O. The van der Waals surface area contributed by atoms with E-state index in [1.54, 1.807) is 0 Å². The average Bonchev–Trinajstić information content (AvgIpc) is 2.39. The molecule has 0 atom stereocenters. The van der Waals surface area contributed by atoms with E-state index in [-0.39, 0.29) is 0 Å². The molecule has 19 heavy (non-hydrogen) atoms. The summed E-state index contributed by atoms with van der Waals surface area (Å²) >= 11 is 0. The summed E-state index contributed by atoms with van der Waals surface area (Å²) in [6, 6.07) is 0.763. The lowest BCUT2D eigenvalue weighted by molar-refractivity contribution is -0.00821. The van der Waals surface area contributed by atoms with Gasteiger partial charge in [-0.1, -0.05) is 13.8 Å². The van der Waals surface area contributed by atoms with Gasteiger partial charge >= 0.3 is 0 Å². The van der Waals surface area contributed by atoms with Crippen LogP contribution in [0.2, 0.25) is 0 Å². The maximum atomic E-state index is 6.08. The number of rotatable bonds is 4. The van der Waals surface area contributed by atoms with Gasteiger partial charge in [0, 0.05) is 25.8 Å². The topological polar surface area (TPSA) is 38.5 Å². The van der Waals surface area contributed by atoms with Gasteiger partial charge in [0.1, 0.15) is 0 Å². The summed E-state index contributed by atoms with van der Waals surface area (Å²) in [7, 11) is 2.30. The van der Waals surface area contributed by atoms with E-state index in [0.717, 1.165) is 45.2 Å². The van der Waals surface area contributed by atoms with Crippen molar-refractivity contribution in [3.05, 3.63) is 0 Å². The van der Waals surface area contributed by atoms with Crippen molar-refractivity contribution in [2.45, 2.75) is 58.4 Å². The van der Waals surface area contributed by atoms with E-state index in [9.17, 15) is 0 Å². The molecule has 0 amide bonds. The van der Waals surface area contributed by atoms with E-state index in [2.05, 4.69) is 25.8 Å². The van der Waals surface area contributed by atoms with Crippen LogP contribution in [0.25, 0.3) is 0 Å². The second kappa shape index (κ2) is 6.11. The van der Waals surface area contributed by atoms with Gasteiger partial charge in [0.25, 0.3) is 0 Å². The second-order valence-corrected chi connectivity index (χ2v) is 7.63. The summed E-state index contributed by atoms with van der Waals surface area (Å²) in [5, 5.41) is 0. The van der Waals surface area contributed by atoms with Crippen molar-refractivity contribution in [3.8, 4) is 0 Å². The molecule has 2 rings (SSSR count). The fourth-order valence-electron chi connectivity index (χ4n) is 3.71. The molecule has 1 heterocycles. The zero-order valence-electron chi connectivity index (χ0n) is 13.1. The first kappa shape index (κ1) is 15.3. The Morgan fingerprint density at radius 3 is 2.21 bits per heavy atom. The van der Waals surface area contributed by atoms with Crippen molar-refractivity contribution in [1.29, 1.82) is 0 Å². The maximum absolute atomic E-state index is 6.08. The highest BCUT2D eigenvalue weighted by molar-refractivity contribution is 4.89. The van der Waals surface area contributed by atoms with Crippen LogP contribution >= 0.6 is 0 Å². The Kier molecular flexibility index (Phi) is 4.91. The summed E-state index contributed by atoms with van der Waals surface area (Å²) in [6.07, 6.45) is 7.68. The standard InChI is InChI=1S/C16H32N2O/c1-15(2)6-4-14(5-7-15)18(3)13-16(12-17)8-10-19-11-9-16/h14H,4-13,17H2,1-3H3. The lowest BCUT2D eigenvalue weighted by atomic mass is 9.74. The Bertz CT molecular complexity index is 274. The third-order valence-electron chi connectivity index (χ3n) is 5.50. The molecule has 3 heteroatoms. The maximum Gasteiger partial charge on any atom is 0.0472 e. The fraction of sp³-hybridized carbons (Fsp3) is 1.00. The first-order chi connectivity index (χ1) is 8.96. The average molecular weight is 268 g/mol. The van der Waals surface area contributed by atoms with Gasteiger partial charge in [-0.3, -0.25) is 0 Å². The van der Waals surface area contributed by atoms with E-state index in [1.807, 2.05) is 0 Å². The Balaban J connectivity index is 1.87. The van der Waals surface area contributed by atoms with Crippen LogP contribution in [0, 0.1) is 10.8 Å². The van der Waals surface area contributed by atoms with E-state index in [1.165, 1.54) is 25.7 Å². The molecule has 0 spiro atoms. The number of nitrogens with two attached hydrogens (primary N) is 1. The Morgan fingerprint density at radius 1 is 1.11 bits per heavy atom. The van der Waals surface area contributed by atoms with E-state index in [4.69, 9.17) is 10.5 Å². The Hall–Kier alpha value is -0.120. The third kappa shape index (κ3) is 3.93. The predicted molar refractivity (Wildman–Crippen MR) is 80.2 cm³/mol. The van der Waals surface area contributed by atoms with Crippen molar-refractivity contribution < 1.29 is 4.74 Å². The van der Waals surface area contributed by atoms with Crippen LogP contribution in [-0.2, 0) is 4.74 Å². The SMILES string of the molecule is CN(CC1(CN)CCOCC1)C1CCC(C)(C)CC1. The summed E-state index contributed by atoms with van der Waals surface area (Å²) in [4.78, 5) is 2.59. The first-order valence-electron chi connectivity index (χ1n) is 7.95. The van der Waals surface area contributed by atoms with Gasteiger partial charge in [-0.25, -0.2) is 0 Å². The van der Waals surface area contributed by atoms with Crippen molar-refractivity contribution in [2.24, 2.45) is 16.6 Å². The molecule has 0 aromatic rings. The molecule has 2 fully saturated rings. The van der Waals surface area contributed by atoms with E-state index < -0.39 is 0 Å². The minimum absolute atomic E-state index is 0.306. The minimum atomic E-state index is 0.306. The van der Waals surface area contributed by atoms with Gasteiger partial charge in [-0.15, -0.1) is 0 Å². The molecule has 0 aromatic carbocycles. The smallest absolute Gasteiger partial charge is 0.0472 e. The zero-order chi connectivity index (χ0) is 13.9. The highest BCUT2D eigenvalue weighted by atomic mass is 16.5. The van der Waals surface area contributed by atoms with Crippen LogP contribution in [0.4, 0.5) is 0 Å². The van der Waals surface area contributed by atoms with Crippen LogP contribution in [0.5, 0.6) is 0 Å². The highest BCUT2D eigenvalue weighted by Crippen LogP contribution is 2.38. The molecule has 2 aliphatic rings. The molecule has 1 saturated carbocycles. The normalized spacial score (nSPS) is 27.6. The van der Waals surface area contributed by atoms with Crippen LogP contribution in [0.1, 0.15) is 52.4 Å². The van der Waals surface area contributed by atoms with Crippen LogP contribution in [0.3, 0.4) is 0 Å². The number of hydrogen-bond donors (Lipinski definition) is 1. The molecule has 0 aromatic heterocycles. The quantitative estimate of drug-likeness (QED) is 0.852. The van der Waals surface area contributed by atoms with Gasteiger partial charge in [-0.05, 0) is 62.9 Å². The second-order valence-electron chi connectivity index (χ2n) is 7.63. The molecular weight excluding hydrogens is 236 g/mol. The van der Waals surface area contributed by atoms with Crippen LogP contribution < -0.4 is 5.73 Å². The largest absolute Gasteiger partial charge is 0.381 e. The van der Waals surface area contributed by atoms with Gasteiger partial charge in [0.15, 0.2) is 0 Å². The molecule has 112 valence electrons. The first-order valence-corrected chi connectivity index (χ1v) is 7.95. The van der Waals surface area contributed by atoms with Crippen molar-refractivity contribution in [3.63, 3.8) is 0 Å². The van der Waals surface area contributed by atoms with E-state index in [0.29, 0.717) is 10.8 Å². The summed E-state index contributed by atoms with van der Waals surface area (Å²) in [6.45, 7) is 8.55. The fourth-order valence-corrected chi connectivity index (χ4v) is 3.71. The monoisotopic (exact) mass is 268 g/mol. The molecule has 0 unspecified atom stereocenters. The van der Waals surface area contributed by atoms with Crippen molar-refractivity contribution >= 4 is 0 Å². The van der Waals surface area contributed by atoms with Crippen LogP contribution in [0.15, 0.2) is 0 Å². The van der Waals surface area contributed by atoms with Crippen LogP contribution in [-0.4, -0.2) is 44.3 Å². The lowest BCUT2D eigenvalue weighted by Gasteiger charge is -2.44. The number of hydrogen-bond acceptors (Lipinski definition) is 3. The highest BCUT2D eigenvalue weighted by Gasteiger charge is 2.35. The summed E-state index contributed by atoms with van der Waals surface area (Å²) in [5.74, 6) is 0. The number of nitrogens with zero attached hydrogens (tertiary/aromatic N) is 1. The third-order valence-corrected chi connectivity index (χ3v) is 5.50. The summed E-state index contributed by atoms with van der Waals surface area (Å²) in [5.41, 5.74) is 6.94.